The van der Waals surface area contributed by atoms with E-state index in [1.807, 2.05) is 23.6 Å². The molecule has 1 amide bonds. The average molecular weight is 410 g/mol. The number of nitrogens with one attached hydrogen (secondary N) is 1. The smallest absolute Gasteiger partial charge is 0.251 e. The van der Waals surface area contributed by atoms with Gasteiger partial charge < -0.3 is 14.8 Å². The second-order valence-corrected chi connectivity index (χ2v) is 8.22. The number of hydrogen-bond acceptors (Lipinski definition) is 5. The molecule has 5 nitrogen and oxygen atoms in total. The van der Waals surface area contributed by atoms with Crippen molar-refractivity contribution in [3.05, 3.63) is 59.4 Å². The van der Waals surface area contributed by atoms with Crippen LogP contribution in [0.3, 0.4) is 0 Å². The van der Waals surface area contributed by atoms with Gasteiger partial charge in [0.15, 0.2) is 11.5 Å². The Kier molecular flexibility index (Phi) is 4.47. The minimum absolute atomic E-state index is 0.157. The lowest BCUT2D eigenvalue weighted by molar-refractivity contribution is -0.115. The average Bonchev–Trinajstić information content (AvgIpc) is 3.42. The Morgan fingerprint density at radius 2 is 1.86 bits per heavy atom. The van der Waals surface area contributed by atoms with E-state index >= 15 is 0 Å². The summed E-state index contributed by atoms with van der Waals surface area (Å²) in [6.07, 6.45) is 4.15. The summed E-state index contributed by atoms with van der Waals surface area (Å²) in [5, 5.41) is 5.51. The number of fused-ring (bicyclic) bond motifs is 1. The number of hydrogen-bond donors (Lipinski definition) is 1. The molecule has 1 saturated carbocycles. The fourth-order valence-electron chi connectivity index (χ4n) is 3.77. The highest BCUT2D eigenvalue weighted by atomic mass is 32.1. The molecule has 2 heterocycles. The number of aromatic nitrogens is 1. The molecule has 148 valence electrons. The maximum atomic E-state index is 13.1. The van der Waals surface area contributed by atoms with E-state index in [-0.39, 0.29) is 18.1 Å². The first-order chi connectivity index (χ1) is 14.1. The van der Waals surface area contributed by atoms with Gasteiger partial charge in [0.25, 0.3) is 5.79 Å². The molecule has 1 fully saturated rings. The number of ether oxygens (including phenoxy) is 2. The summed E-state index contributed by atoms with van der Waals surface area (Å²) in [6, 6.07) is 11.6. The predicted molar refractivity (Wildman–Crippen MR) is 109 cm³/mol. The van der Waals surface area contributed by atoms with Crippen LogP contribution in [0.25, 0.3) is 10.6 Å². The maximum absolute atomic E-state index is 13.1. The first-order valence-electron chi connectivity index (χ1n) is 9.61. The Balaban J connectivity index is 1.24. The normalized spacial score (nSPS) is 16.3. The Bertz CT molecular complexity index is 1060. The molecular formula is C22H19FN2O3S. The minimum atomic E-state index is -0.512. The third-order valence-electron chi connectivity index (χ3n) is 5.17. The zero-order valence-corrected chi connectivity index (χ0v) is 16.4. The van der Waals surface area contributed by atoms with Gasteiger partial charge in [0.1, 0.15) is 10.8 Å². The van der Waals surface area contributed by atoms with Gasteiger partial charge in [-0.3, -0.25) is 4.79 Å². The molecule has 2 aliphatic rings. The van der Waals surface area contributed by atoms with Crippen LogP contribution >= 0.6 is 11.3 Å². The van der Waals surface area contributed by atoms with Crippen molar-refractivity contribution in [3.8, 4) is 22.1 Å². The molecule has 5 rings (SSSR count). The van der Waals surface area contributed by atoms with Gasteiger partial charge in [-0.05, 0) is 49.2 Å². The van der Waals surface area contributed by atoms with Crippen LogP contribution in [-0.4, -0.2) is 16.7 Å². The molecule has 2 aromatic carbocycles. The second-order valence-electron chi connectivity index (χ2n) is 7.36. The van der Waals surface area contributed by atoms with Crippen molar-refractivity contribution in [2.75, 3.05) is 5.32 Å². The topological polar surface area (TPSA) is 60.5 Å². The molecule has 3 aromatic rings. The lowest BCUT2D eigenvalue weighted by atomic mass is 10.2. The minimum Gasteiger partial charge on any atom is -0.448 e. The Morgan fingerprint density at radius 3 is 2.66 bits per heavy atom. The van der Waals surface area contributed by atoms with Gasteiger partial charge in [-0.25, -0.2) is 9.37 Å². The van der Waals surface area contributed by atoms with Crippen molar-refractivity contribution in [1.82, 2.24) is 4.98 Å². The van der Waals surface area contributed by atoms with Crippen molar-refractivity contribution in [3.63, 3.8) is 0 Å². The molecule has 1 spiro atoms. The third kappa shape index (κ3) is 3.70. The molecule has 0 saturated heterocycles. The van der Waals surface area contributed by atoms with E-state index in [9.17, 15) is 9.18 Å². The highest BCUT2D eigenvalue weighted by Gasteiger charge is 2.44. The van der Waals surface area contributed by atoms with E-state index in [2.05, 4.69) is 10.3 Å². The molecule has 1 aliphatic heterocycles. The van der Waals surface area contributed by atoms with Gasteiger partial charge in [-0.1, -0.05) is 0 Å². The maximum Gasteiger partial charge on any atom is 0.251 e. The number of rotatable bonds is 4. The largest absolute Gasteiger partial charge is 0.448 e. The summed E-state index contributed by atoms with van der Waals surface area (Å²) in [6.45, 7) is 0. The van der Waals surface area contributed by atoms with Gasteiger partial charge in [-0.2, -0.15) is 0 Å². The van der Waals surface area contributed by atoms with Crippen LogP contribution < -0.4 is 14.8 Å². The molecule has 7 heteroatoms. The number of carbonyl (C=O) groups is 1. The van der Waals surface area contributed by atoms with Crippen LogP contribution in [0.2, 0.25) is 0 Å². The van der Waals surface area contributed by atoms with Gasteiger partial charge >= 0.3 is 0 Å². The van der Waals surface area contributed by atoms with Crippen molar-refractivity contribution in [1.29, 1.82) is 0 Å². The van der Waals surface area contributed by atoms with E-state index in [1.54, 1.807) is 12.1 Å². The van der Waals surface area contributed by atoms with Gasteiger partial charge in [0.2, 0.25) is 5.91 Å². The van der Waals surface area contributed by atoms with Crippen LogP contribution in [0.4, 0.5) is 10.1 Å². The quantitative estimate of drug-likeness (QED) is 0.644. The lowest BCUT2D eigenvalue weighted by Crippen LogP contribution is -2.34. The van der Waals surface area contributed by atoms with Crippen molar-refractivity contribution < 1.29 is 18.7 Å². The van der Waals surface area contributed by atoms with E-state index in [0.29, 0.717) is 17.1 Å². The molecule has 29 heavy (non-hydrogen) atoms. The lowest BCUT2D eigenvalue weighted by Gasteiger charge is -2.21. The van der Waals surface area contributed by atoms with E-state index < -0.39 is 5.79 Å². The van der Waals surface area contributed by atoms with Crippen molar-refractivity contribution >= 4 is 22.9 Å². The summed E-state index contributed by atoms with van der Waals surface area (Å²) in [4.78, 5) is 16.9. The van der Waals surface area contributed by atoms with E-state index in [4.69, 9.17) is 9.47 Å². The number of halogens is 1. The molecular weight excluding hydrogens is 391 g/mol. The van der Waals surface area contributed by atoms with Crippen LogP contribution in [0.5, 0.6) is 11.5 Å². The predicted octanol–water partition coefficient (Wildman–Crippen LogP) is 5.17. The number of carbonyl (C=O) groups excluding carboxylic acids is 1. The standard InChI is InChI=1S/C22H19FN2O3S/c23-15-5-3-14(4-6-15)21-25-17(13-29-21)12-20(26)24-16-7-8-18-19(11-16)28-22(27-18)9-1-2-10-22/h3-8,11,13H,1-2,9-10,12H2,(H,24,26). The highest BCUT2D eigenvalue weighted by Crippen LogP contribution is 2.47. The number of amides is 1. The molecule has 1 aromatic heterocycles. The van der Waals surface area contributed by atoms with Crippen LogP contribution in [0.1, 0.15) is 31.4 Å². The number of anilines is 1. The fourth-order valence-corrected chi connectivity index (χ4v) is 4.60. The van der Waals surface area contributed by atoms with Crippen molar-refractivity contribution in [2.45, 2.75) is 37.9 Å². The third-order valence-corrected chi connectivity index (χ3v) is 6.11. The molecule has 0 unspecified atom stereocenters. The molecule has 1 N–H and O–H groups in total. The Labute approximate surface area is 171 Å². The van der Waals surface area contributed by atoms with Crippen LogP contribution in [0, 0.1) is 5.82 Å². The molecule has 0 atom stereocenters. The van der Waals surface area contributed by atoms with Gasteiger partial charge in [0, 0.05) is 35.5 Å². The number of thiazole rings is 1. The first-order valence-corrected chi connectivity index (χ1v) is 10.5. The summed E-state index contributed by atoms with van der Waals surface area (Å²) in [7, 11) is 0. The molecule has 0 bridgehead atoms. The first kappa shape index (κ1) is 18.1. The Morgan fingerprint density at radius 1 is 1.10 bits per heavy atom. The molecule has 1 aliphatic carbocycles. The summed E-state index contributed by atoms with van der Waals surface area (Å²) in [5.41, 5.74) is 2.18. The van der Waals surface area contributed by atoms with Crippen LogP contribution in [0.15, 0.2) is 47.8 Å². The summed E-state index contributed by atoms with van der Waals surface area (Å²) < 4.78 is 25.1. The zero-order valence-electron chi connectivity index (χ0n) is 15.6. The van der Waals surface area contributed by atoms with E-state index in [0.717, 1.165) is 42.0 Å². The number of nitrogens with zero attached hydrogens (tertiary/aromatic N) is 1. The van der Waals surface area contributed by atoms with E-state index in [1.165, 1.54) is 23.5 Å². The second kappa shape index (κ2) is 7.15. The summed E-state index contributed by atoms with van der Waals surface area (Å²) >= 11 is 1.43. The fraction of sp³-hybridized carbons (Fsp3) is 0.273. The summed E-state index contributed by atoms with van der Waals surface area (Å²) in [5.74, 6) is 0.454. The zero-order chi connectivity index (χ0) is 19.8. The van der Waals surface area contributed by atoms with Crippen LogP contribution in [-0.2, 0) is 11.2 Å². The number of benzene rings is 2. The van der Waals surface area contributed by atoms with Gasteiger partial charge in [0.05, 0.1) is 12.1 Å². The molecule has 0 radical (unpaired) electrons. The SMILES string of the molecule is O=C(Cc1csc(-c2ccc(F)cc2)n1)Nc1ccc2c(c1)OC1(CCCC1)O2. The van der Waals surface area contributed by atoms with Crippen molar-refractivity contribution in [2.24, 2.45) is 0 Å². The Hall–Kier alpha value is -2.93. The highest BCUT2D eigenvalue weighted by molar-refractivity contribution is 7.13. The monoisotopic (exact) mass is 410 g/mol. The van der Waals surface area contributed by atoms with Gasteiger partial charge in [-0.15, -0.1) is 11.3 Å².